The number of ether oxygens (including phenoxy) is 2. The SMILES string of the molecule is COc1ccccc1S(=O)(=O)CC#N.COc1ccccc1S(=O)(=O)Cl. The predicted octanol–water partition coefficient (Wildman–Crippen LogP) is 2.62. The molecule has 0 heterocycles. The number of halogens is 1. The van der Waals surface area contributed by atoms with Crippen molar-refractivity contribution in [2.75, 3.05) is 20.0 Å². The Balaban J connectivity index is 0.000000263. The molecule has 7 nitrogen and oxygen atoms in total. The van der Waals surface area contributed by atoms with Crippen LogP contribution in [0.3, 0.4) is 0 Å². The fourth-order valence-electron chi connectivity index (χ4n) is 1.86. The Labute approximate surface area is 157 Å². The average Bonchev–Trinajstić information content (AvgIpc) is 2.61. The second-order valence-electron chi connectivity index (χ2n) is 4.66. The predicted molar refractivity (Wildman–Crippen MR) is 96.7 cm³/mol. The van der Waals surface area contributed by atoms with Crippen LogP contribution < -0.4 is 9.47 Å². The van der Waals surface area contributed by atoms with Crippen molar-refractivity contribution in [3.63, 3.8) is 0 Å². The molecule has 0 aliphatic rings. The Hall–Kier alpha value is -2.28. The van der Waals surface area contributed by atoms with Gasteiger partial charge in [-0.25, -0.2) is 16.8 Å². The summed E-state index contributed by atoms with van der Waals surface area (Å²) in [4.78, 5) is 0.0539. The van der Waals surface area contributed by atoms with E-state index in [4.69, 9.17) is 25.4 Å². The molecule has 0 amide bonds. The highest BCUT2D eigenvalue weighted by molar-refractivity contribution is 8.13. The van der Waals surface area contributed by atoms with Gasteiger partial charge in [-0.05, 0) is 24.3 Å². The minimum atomic E-state index is -3.70. The molecule has 2 rings (SSSR count). The monoisotopic (exact) mass is 417 g/mol. The third kappa shape index (κ3) is 5.91. The minimum absolute atomic E-state index is 0.00540. The third-order valence-corrected chi connectivity index (χ3v) is 5.87. The quantitative estimate of drug-likeness (QED) is 0.687. The molecule has 0 spiro atoms. The molecule has 26 heavy (non-hydrogen) atoms. The average molecular weight is 418 g/mol. The van der Waals surface area contributed by atoms with Crippen molar-refractivity contribution in [2.24, 2.45) is 0 Å². The van der Waals surface area contributed by atoms with Gasteiger partial charge < -0.3 is 9.47 Å². The van der Waals surface area contributed by atoms with Gasteiger partial charge in [0.1, 0.15) is 27.0 Å². The highest BCUT2D eigenvalue weighted by Crippen LogP contribution is 2.25. The van der Waals surface area contributed by atoms with E-state index in [2.05, 4.69) is 0 Å². The maximum atomic E-state index is 11.5. The molecular formula is C16H16ClNO6S2. The lowest BCUT2D eigenvalue weighted by molar-refractivity contribution is 0.402. The van der Waals surface area contributed by atoms with Crippen molar-refractivity contribution in [3.05, 3.63) is 48.5 Å². The second kappa shape index (κ2) is 9.43. The lowest BCUT2D eigenvalue weighted by Crippen LogP contribution is -2.06. The van der Waals surface area contributed by atoms with Crippen LogP contribution >= 0.6 is 10.7 Å². The second-order valence-corrected chi connectivity index (χ2v) is 9.15. The first kappa shape index (κ1) is 21.8. The fourth-order valence-corrected chi connectivity index (χ4v) is 3.94. The lowest BCUT2D eigenvalue weighted by atomic mass is 10.3. The van der Waals surface area contributed by atoms with E-state index in [9.17, 15) is 16.8 Å². The Morgan fingerprint density at radius 2 is 1.31 bits per heavy atom. The summed E-state index contributed by atoms with van der Waals surface area (Å²) in [5.41, 5.74) is 0. The van der Waals surface area contributed by atoms with Crippen molar-refractivity contribution < 1.29 is 26.3 Å². The summed E-state index contributed by atoms with van der Waals surface area (Å²) in [5, 5.41) is 8.36. The molecule has 0 aliphatic carbocycles. The first-order valence-electron chi connectivity index (χ1n) is 6.97. The molecule has 0 saturated carbocycles. The van der Waals surface area contributed by atoms with Crippen LogP contribution in [0, 0.1) is 11.3 Å². The molecule has 2 aromatic carbocycles. The van der Waals surface area contributed by atoms with Gasteiger partial charge in [-0.2, -0.15) is 5.26 Å². The highest BCUT2D eigenvalue weighted by atomic mass is 35.7. The topological polar surface area (TPSA) is 111 Å². The van der Waals surface area contributed by atoms with Crippen LogP contribution in [0.5, 0.6) is 11.5 Å². The van der Waals surface area contributed by atoms with Gasteiger partial charge in [-0.15, -0.1) is 0 Å². The van der Waals surface area contributed by atoms with E-state index in [0.717, 1.165) is 0 Å². The maximum Gasteiger partial charge on any atom is 0.264 e. The van der Waals surface area contributed by atoms with Gasteiger partial charge in [-0.1, -0.05) is 24.3 Å². The smallest absolute Gasteiger partial charge is 0.264 e. The van der Waals surface area contributed by atoms with Crippen LogP contribution in [0.1, 0.15) is 0 Å². The largest absolute Gasteiger partial charge is 0.495 e. The number of nitrogens with zero attached hydrogens (tertiary/aromatic N) is 1. The van der Waals surface area contributed by atoms with Crippen LogP contribution in [-0.2, 0) is 18.9 Å². The molecule has 2 aromatic rings. The van der Waals surface area contributed by atoms with E-state index >= 15 is 0 Å². The Morgan fingerprint density at radius 3 is 1.69 bits per heavy atom. The summed E-state index contributed by atoms with van der Waals surface area (Å²) in [6, 6.07) is 14.0. The van der Waals surface area contributed by atoms with Gasteiger partial charge in [0.05, 0.1) is 20.3 Å². The summed E-state index contributed by atoms with van der Waals surface area (Å²) in [5.74, 6) is -0.0110. The summed E-state index contributed by atoms with van der Waals surface area (Å²) in [7, 11) is 0.677. The van der Waals surface area contributed by atoms with Crippen molar-refractivity contribution in [3.8, 4) is 17.6 Å². The molecule has 0 aliphatic heterocycles. The van der Waals surface area contributed by atoms with Gasteiger partial charge in [0.15, 0.2) is 9.84 Å². The Bertz CT molecular complexity index is 997. The molecule has 0 unspecified atom stereocenters. The number of nitriles is 1. The van der Waals surface area contributed by atoms with Crippen LogP contribution in [0.25, 0.3) is 0 Å². The molecule has 0 bridgehead atoms. The molecule has 0 fully saturated rings. The standard InChI is InChI=1S/C9H9NO3S.C7H7ClO3S/c1-13-8-4-2-3-5-9(8)14(11,12)7-6-10;1-11-6-4-2-3-5-7(6)12(8,9)10/h2-5H,7H2,1H3;2-5H,1H3. The molecule has 0 aromatic heterocycles. The van der Waals surface area contributed by atoms with E-state index < -0.39 is 24.6 Å². The molecule has 10 heteroatoms. The zero-order chi connectivity index (χ0) is 19.8. The van der Waals surface area contributed by atoms with Crippen molar-refractivity contribution >= 4 is 29.6 Å². The first-order valence-corrected chi connectivity index (χ1v) is 10.9. The third-order valence-electron chi connectivity index (χ3n) is 2.99. The van der Waals surface area contributed by atoms with Crippen LogP contribution in [0.2, 0.25) is 0 Å². The molecule has 0 N–H and O–H groups in total. The van der Waals surface area contributed by atoms with Crippen LogP contribution in [0.4, 0.5) is 0 Å². The number of hydrogen-bond acceptors (Lipinski definition) is 7. The lowest BCUT2D eigenvalue weighted by Gasteiger charge is -2.05. The van der Waals surface area contributed by atoms with Crippen molar-refractivity contribution in [1.29, 1.82) is 5.26 Å². The fraction of sp³-hybridized carbons (Fsp3) is 0.188. The van der Waals surface area contributed by atoms with Gasteiger partial charge in [0, 0.05) is 10.7 Å². The van der Waals surface area contributed by atoms with E-state index in [1.165, 1.54) is 32.4 Å². The summed E-state index contributed by atoms with van der Waals surface area (Å²) in [6.45, 7) is 0. The van der Waals surface area contributed by atoms with Crippen LogP contribution in [0.15, 0.2) is 58.3 Å². The van der Waals surface area contributed by atoms with Gasteiger partial charge in [0.2, 0.25) is 0 Å². The maximum absolute atomic E-state index is 11.5. The van der Waals surface area contributed by atoms with E-state index in [-0.39, 0.29) is 21.3 Å². The van der Waals surface area contributed by atoms with Crippen molar-refractivity contribution in [2.45, 2.75) is 9.79 Å². The van der Waals surface area contributed by atoms with Crippen LogP contribution in [-0.4, -0.2) is 36.8 Å². The highest BCUT2D eigenvalue weighted by Gasteiger charge is 2.18. The number of hydrogen-bond donors (Lipinski definition) is 0. The molecule has 140 valence electrons. The summed E-state index contributed by atoms with van der Waals surface area (Å²) < 4.78 is 54.5. The first-order chi connectivity index (χ1) is 12.2. The Kier molecular flexibility index (Phi) is 7.89. The summed E-state index contributed by atoms with van der Waals surface area (Å²) in [6.07, 6.45) is 0. The number of rotatable bonds is 5. The number of sulfone groups is 1. The minimum Gasteiger partial charge on any atom is -0.495 e. The van der Waals surface area contributed by atoms with E-state index in [0.29, 0.717) is 0 Å². The van der Waals surface area contributed by atoms with E-state index in [1.807, 2.05) is 0 Å². The summed E-state index contributed by atoms with van der Waals surface area (Å²) >= 11 is 0. The zero-order valence-electron chi connectivity index (χ0n) is 13.9. The van der Waals surface area contributed by atoms with E-state index in [1.54, 1.807) is 36.4 Å². The molecular weight excluding hydrogens is 402 g/mol. The Morgan fingerprint density at radius 1 is 0.885 bits per heavy atom. The van der Waals surface area contributed by atoms with Crippen molar-refractivity contribution in [1.82, 2.24) is 0 Å². The number of methoxy groups -OCH3 is 2. The number of para-hydroxylation sites is 2. The molecule has 0 saturated heterocycles. The zero-order valence-corrected chi connectivity index (χ0v) is 16.3. The number of benzene rings is 2. The van der Waals surface area contributed by atoms with Gasteiger partial charge in [0.25, 0.3) is 9.05 Å². The van der Waals surface area contributed by atoms with Gasteiger partial charge in [-0.3, -0.25) is 0 Å². The molecule has 0 atom stereocenters. The van der Waals surface area contributed by atoms with Gasteiger partial charge >= 0.3 is 0 Å². The normalized spacial score (nSPS) is 10.8. The molecule has 0 radical (unpaired) electrons.